The molecule has 184 valence electrons. The van der Waals surface area contributed by atoms with Crippen LogP contribution in [0.25, 0.3) is 0 Å². The average Bonchev–Trinajstić information content (AvgIpc) is 2.88. The number of amidine groups is 1. The van der Waals surface area contributed by atoms with Crippen LogP contribution >= 0.6 is 11.6 Å². The van der Waals surface area contributed by atoms with E-state index < -0.39 is 17.6 Å². The lowest BCUT2D eigenvalue weighted by molar-refractivity contribution is 0.102. The number of halogens is 2. The van der Waals surface area contributed by atoms with Gasteiger partial charge in [-0.15, -0.1) is 6.42 Å². The summed E-state index contributed by atoms with van der Waals surface area (Å²) in [5.41, 5.74) is 1.21. The summed E-state index contributed by atoms with van der Waals surface area (Å²) in [6, 6.07) is 13.3. The third-order valence-electron chi connectivity index (χ3n) is 5.42. The number of anilines is 2. The topological polar surface area (TPSA) is 94.5 Å². The van der Waals surface area contributed by atoms with E-state index in [0.717, 1.165) is 6.07 Å². The van der Waals surface area contributed by atoms with Crippen LogP contribution in [0.3, 0.4) is 0 Å². The zero-order valence-electron chi connectivity index (χ0n) is 19.9. The second-order valence-electron chi connectivity index (χ2n) is 7.72. The van der Waals surface area contributed by atoms with Gasteiger partial charge in [0.05, 0.1) is 23.9 Å². The van der Waals surface area contributed by atoms with Gasteiger partial charge in [-0.25, -0.2) is 4.39 Å². The highest BCUT2D eigenvalue weighted by Gasteiger charge is 2.22. The van der Waals surface area contributed by atoms with Gasteiger partial charge in [0.15, 0.2) is 0 Å². The number of nitrogens with zero attached hydrogens (tertiary/aromatic N) is 1. The van der Waals surface area contributed by atoms with Gasteiger partial charge in [-0.1, -0.05) is 23.6 Å². The molecule has 3 aromatic rings. The van der Waals surface area contributed by atoms with Crippen LogP contribution in [0.5, 0.6) is 5.75 Å². The Labute approximate surface area is 213 Å². The number of benzene rings is 3. The Balaban J connectivity index is 1.92. The van der Waals surface area contributed by atoms with E-state index in [1.807, 2.05) is 6.92 Å². The first-order valence-corrected chi connectivity index (χ1v) is 11.2. The molecule has 3 rings (SSSR count). The van der Waals surface area contributed by atoms with Gasteiger partial charge in [-0.05, 0) is 49.4 Å². The number of ether oxygens (including phenoxy) is 1. The lowest BCUT2D eigenvalue weighted by atomic mass is 10.1. The number of hydrogen-bond donors (Lipinski definition) is 3. The summed E-state index contributed by atoms with van der Waals surface area (Å²) in [5, 5.41) is 13.6. The zero-order chi connectivity index (χ0) is 26.4. The van der Waals surface area contributed by atoms with Gasteiger partial charge in [0.1, 0.15) is 17.4 Å². The van der Waals surface area contributed by atoms with Gasteiger partial charge >= 0.3 is 0 Å². The maximum atomic E-state index is 14.9. The molecule has 0 radical (unpaired) electrons. The van der Waals surface area contributed by atoms with Crippen molar-refractivity contribution < 1.29 is 18.7 Å². The SMILES string of the molecule is C#Cc1ccc(NC(=O)c2cc(Cl)cc(OC)c2NC(=O)c2ccc(C(=N)N(C)CC)cc2F)cc1. The van der Waals surface area contributed by atoms with Crippen molar-refractivity contribution in [1.82, 2.24) is 4.90 Å². The largest absolute Gasteiger partial charge is 0.494 e. The molecule has 0 fully saturated rings. The summed E-state index contributed by atoms with van der Waals surface area (Å²) >= 11 is 6.17. The predicted octanol–water partition coefficient (Wildman–Crippen LogP) is 5.25. The number of carbonyl (C=O) groups is 2. The number of hydrogen-bond acceptors (Lipinski definition) is 4. The Morgan fingerprint density at radius 2 is 1.75 bits per heavy atom. The first-order chi connectivity index (χ1) is 17.2. The van der Waals surface area contributed by atoms with Gasteiger partial charge in [0.25, 0.3) is 11.8 Å². The standard InChI is InChI=1S/C27H24ClFN4O3/c1-5-16-7-10-19(11-8-16)31-27(35)21-14-18(28)15-23(36-4)24(21)32-26(34)20-12-9-17(13-22(20)29)25(30)33(3)6-2/h1,7-15,30H,6H2,2-4H3,(H,31,35)(H,32,34). The number of carbonyl (C=O) groups excluding carboxylic acids is 2. The van der Waals surface area contributed by atoms with Crippen LogP contribution in [-0.4, -0.2) is 43.3 Å². The Morgan fingerprint density at radius 1 is 1.08 bits per heavy atom. The summed E-state index contributed by atoms with van der Waals surface area (Å²) in [5.74, 6) is 0.538. The third kappa shape index (κ3) is 5.82. The van der Waals surface area contributed by atoms with E-state index in [1.54, 1.807) is 36.2 Å². The van der Waals surface area contributed by atoms with E-state index in [-0.39, 0.29) is 33.4 Å². The predicted molar refractivity (Wildman–Crippen MR) is 140 cm³/mol. The lowest BCUT2D eigenvalue weighted by Gasteiger charge is -2.18. The van der Waals surface area contributed by atoms with Crippen molar-refractivity contribution in [2.75, 3.05) is 31.3 Å². The molecule has 3 aromatic carbocycles. The van der Waals surface area contributed by atoms with E-state index >= 15 is 0 Å². The molecule has 7 nitrogen and oxygen atoms in total. The molecule has 0 atom stereocenters. The number of amides is 2. The molecule has 0 spiro atoms. The minimum Gasteiger partial charge on any atom is -0.494 e. The molecule has 0 aliphatic carbocycles. The summed E-state index contributed by atoms with van der Waals surface area (Å²) in [7, 11) is 3.07. The summed E-state index contributed by atoms with van der Waals surface area (Å²) in [6.07, 6.45) is 5.36. The van der Waals surface area contributed by atoms with Crippen molar-refractivity contribution in [1.29, 1.82) is 5.41 Å². The fraction of sp³-hybridized carbons (Fsp3) is 0.148. The highest BCUT2D eigenvalue weighted by atomic mass is 35.5. The molecule has 9 heteroatoms. The Hall–Kier alpha value is -4.35. The van der Waals surface area contributed by atoms with E-state index in [4.69, 9.17) is 28.2 Å². The molecule has 0 heterocycles. The minimum atomic E-state index is -0.813. The molecule has 0 saturated heterocycles. The number of rotatable bonds is 7. The first kappa shape index (κ1) is 26.3. The van der Waals surface area contributed by atoms with Crippen LogP contribution in [0, 0.1) is 23.6 Å². The quantitative estimate of drug-likeness (QED) is 0.232. The van der Waals surface area contributed by atoms with Crippen molar-refractivity contribution >= 4 is 40.6 Å². The molecule has 0 aliphatic rings. The molecular weight excluding hydrogens is 483 g/mol. The minimum absolute atomic E-state index is 0.0112. The van der Waals surface area contributed by atoms with Gasteiger partial charge in [0.2, 0.25) is 0 Å². The van der Waals surface area contributed by atoms with Crippen LogP contribution in [0.4, 0.5) is 15.8 Å². The molecule has 0 aromatic heterocycles. The van der Waals surface area contributed by atoms with Gasteiger partial charge in [0, 0.05) is 41.5 Å². The van der Waals surface area contributed by atoms with Crippen LogP contribution in [-0.2, 0) is 0 Å². The smallest absolute Gasteiger partial charge is 0.258 e. The molecule has 0 saturated carbocycles. The van der Waals surface area contributed by atoms with E-state index in [1.165, 1.54) is 31.4 Å². The number of nitrogens with one attached hydrogen (secondary N) is 3. The monoisotopic (exact) mass is 506 g/mol. The molecule has 2 amide bonds. The van der Waals surface area contributed by atoms with Crippen molar-refractivity contribution in [3.05, 3.63) is 87.7 Å². The van der Waals surface area contributed by atoms with Crippen LogP contribution in [0.15, 0.2) is 54.6 Å². The van der Waals surface area contributed by atoms with Crippen molar-refractivity contribution in [3.8, 4) is 18.1 Å². The summed E-state index contributed by atoms with van der Waals surface area (Å²) < 4.78 is 20.2. The number of terminal acetylenes is 1. The van der Waals surface area contributed by atoms with Gasteiger partial charge in [-0.2, -0.15) is 0 Å². The number of methoxy groups -OCH3 is 1. The second-order valence-corrected chi connectivity index (χ2v) is 8.15. The second kappa shape index (κ2) is 11.4. The third-order valence-corrected chi connectivity index (χ3v) is 5.64. The maximum Gasteiger partial charge on any atom is 0.258 e. The average molecular weight is 507 g/mol. The Morgan fingerprint density at radius 3 is 2.33 bits per heavy atom. The Kier molecular flexibility index (Phi) is 8.30. The van der Waals surface area contributed by atoms with Gasteiger partial charge < -0.3 is 20.3 Å². The molecule has 36 heavy (non-hydrogen) atoms. The lowest BCUT2D eigenvalue weighted by Crippen LogP contribution is -2.26. The van der Waals surface area contributed by atoms with E-state index in [2.05, 4.69) is 16.6 Å². The Bertz CT molecular complexity index is 1370. The van der Waals surface area contributed by atoms with E-state index in [0.29, 0.717) is 23.4 Å². The fourth-order valence-electron chi connectivity index (χ4n) is 3.30. The highest BCUT2D eigenvalue weighted by molar-refractivity contribution is 6.31. The van der Waals surface area contributed by atoms with Crippen molar-refractivity contribution in [3.63, 3.8) is 0 Å². The molecular formula is C27H24ClFN4O3. The molecule has 0 bridgehead atoms. The van der Waals surface area contributed by atoms with Crippen molar-refractivity contribution in [2.45, 2.75) is 6.92 Å². The maximum absolute atomic E-state index is 14.9. The van der Waals surface area contributed by atoms with Crippen LogP contribution in [0.2, 0.25) is 5.02 Å². The first-order valence-electron chi connectivity index (χ1n) is 10.8. The van der Waals surface area contributed by atoms with Gasteiger partial charge in [-0.3, -0.25) is 15.0 Å². The highest BCUT2D eigenvalue weighted by Crippen LogP contribution is 2.33. The van der Waals surface area contributed by atoms with E-state index in [9.17, 15) is 14.0 Å². The van der Waals surface area contributed by atoms with Crippen LogP contribution < -0.4 is 15.4 Å². The molecule has 3 N–H and O–H groups in total. The zero-order valence-corrected chi connectivity index (χ0v) is 20.7. The summed E-state index contributed by atoms with van der Waals surface area (Å²) in [4.78, 5) is 27.7. The summed E-state index contributed by atoms with van der Waals surface area (Å²) in [6.45, 7) is 2.43. The van der Waals surface area contributed by atoms with Crippen LogP contribution in [0.1, 0.15) is 38.8 Å². The molecule has 0 aliphatic heterocycles. The van der Waals surface area contributed by atoms with Crippen molar-refractivity contribution in [2.24, 2.45) is 0 Å². The normalized spacial score (nSPS) is 10.2. The molecule has 0 unspecified atom stereocenters. The fourth-order valence-corrected chi connectivity index (χ4v) is 3.51.